The summed E-state index contributed by atoms with van der Waals surface area (Å²) in [6.45, 7) is 5.00. The maximum atomic E-state index is 11.0. The average Bonchev–Trinajstić information content (AvgIpc) is 2.81. The van der Waals surface area contributed by atoms with Crippen LogP contribution in [0.2, 0.25) is 0 Å². The molecule has 0 spiro atoms. The van der Waals surface area contributed by atoms with Gasteiger partial charge in [-0.3, -0.25) is 9.51 Å². The SMILES string of the molecule is CCCC(C)CC1CC1(CN)c1noc(=O)[nH]1. The van der Waals surface area contributed by atoms with Crippen LogP contribution in [0.5, 0.6) is 0 Å². The molecule has 1 saturated carbocycles. The Hall–Kier alpha value is -1.10. The van der Waals surface area contributed by atoms with E-state index in [0.29, 0.717) is 24.2 Å². The highest BCUT2D eigenvalue weighted by atomic mass is 16.5. The highest BCUT2D eigenvalue weighted by molar-refractivity contribution is 5.22. The van der Waals surface area contributed by atoms with Crippen LogP contribution in [0.3, 0.4) is 0 Å². The Bertz CT molecular complexity index is 425. The summed E-state index contributed by atoms with van der Waals surface area (Å²) in [5.74, 6) is 1.39. The molecule has 0 bridgehead atoms. The first-order chi connectivity index (χ1) is 8.12. The Morgan fingerprint density at radius 2 is 2.47 bits per heavy atom. The molecule has 0 aromatic carbocycles. The van der Waals surface area contributed by atoms with E-state index in [9.17, 15) is 4.79 Å². The lowest BCUT2D eigenvalue weighted by atomic mass is 9.93. The number of H-pyrrole nitrogens is 1. The third-order valence-electron chi connectivity index (χ3n) is 3.98. The van der Waals surface area contributed by atoms with Crippen LogP contribution in [0.25, 0.3) is 0 Å². The van der Waals surface area contributed by atoms with E-state index in [1.165, 1.54) is 12.8 Å². The van der Waals surface area contributed by atoms with Gasteiger partial charge in [-0.1, -0.05) is 31.8 Å². The maximum absolute atomic E-state index is 11.0. The monoisotopic (exact) mass is 239 g/mol. The maximum Gasteiger partial charge on any atom is 0.438 e. The number of hydrogen-bond acceptors (Lipinski definition) is 4. The Morgan fingerprint density at radius 1 is 1.71 bits per heavy atom. The topological polar surface area (TPSA) is 84.9 Å². The highest BCUT2D eigenvalue weighted by Crippen LogP contribution is 2.55. The van der Waals surface area contributed by atoms with Crippen LogP contribution in [-0.2, 0) is 5.41 Å². The van der Waals surface area contributed by atoms with E-state index in [-0.39, 0.29) is 5.41 Å². The molecule has 0 saturated heterocycles. The predicted octanol–water partition coefficient (Wildman–Crippen LogP) is 1.41. The van der Waals surface area contributed by atoms with E-state index in [4.69, 9.17) is 5.73 Å². The van der Waals surface area contributed by atoms with E-state index in [1.807, 2.05) is 0 Å². The molecule has 2 rings (SSSR count). The van der Waals surface area contributed by atoms with E-state index >= 15 is 0 Å². The Balaban J connectivity index is 2.03. The van der Waals surface area contributed by atoms with Crippen LogP contribution in [0.4, 0.5) is 0 Å². The van der Waals surface area contributed by atoms with Crippen molar-refractivity contribution >= 4 is 0 Å². The summed E-state index contributed by atoms with van der Waals surface area (Å²) >= 11 is 0. The standard InChI is InChI=1S/C12H21N3O2/c1-3-4-8(2)5-9-6-12(9,7-13)10-14-11(16)17-15-10/h8-9H,3-7,13H2,1-2H3,(H,14,15,16). The van der Waals surface area contributed by atoms with Gasteiger partial charge in [-0.2, -0.15) is 0 Å². The molecule has 17 heavy (non-hydrogen) atoms. The minimum Gasteiger partial charge on any atom is -0.329 e. The summed E-state index contributed by atoms with van der Waals surface area (Å²) in [5.41, 5.74) is 5.72. The summed E-state index contributed by atoms with van der Waals surface area (Å²) in [5, 5.41) is 3.80. The molecular formula is C12H21N3O2. The van der Waals surface area contributed by atoms with Gasteiger partial charge < -0.3 is 5.73 Å². The molecule has 5 nitrogen and oxygen atoms in total. The van der Waals surface area contributed by atoms with Gasteiger partial charge in [-0.05, 0) is 24.7 Å². The molecule has 96 valence electrons. The van der Waals surface area contributed by atoms with E-state index < -0.39 is 5.76 Å². The van der Waals surface area contributed by atoms with Gasteiger partial charge >= 0.3 is 5.76 Å². The third-order valence-corrected chi connectivity index (χ3v) is 3.98. The van der Waals surface area contributed by atoms with Gasteiger partial charge in [-0.25, -0.2) is 4.79 Å². The second-order valence-electron chi connectivity index (χ2n) is 5.33. The molecule has 1 aliphatic rings. The molecule has 5 heteroatoms. The Morgan fingerprint density at radius 3 is 3.00 bits per heavy atom. The van der Waals surface area contributed by atoms with Crippen molar-refractivity contribution in [1.29, 1.82) is 0 Å². The molecule has 1 aromatic heterocycles. The third kappa shape index (κ3) is 2.29. The smallest absolute Gasteiger partial charge is 0.329 e. The molecule has 1 aromatic rings. The lowest BCUT2D eigenvalue weighted by molar-refractivity contribution is 0.368. The zero-order chi connectivity index (χ0) is 12.5. The van der Waals surface area contributed by atoms with Crippen LogP contribution >= 0.6 is 0 Å². The fourth-order valence-electron chi connectivity index (χ4n) is 2.87. The van der Waals surface area contributed by atoms with Crippen LogP contribution in [0.15, 0.2) is 9.32 Å². The molecule has 0 radical (unpaired) electrons. The number of rotatable bonds is 6. The number of nitrogens with one attached hydrogen (secondary N) is 1. The minimum atomic E-state index is -0.486. The molecular weight excluding hydrogens is 218 g/mol. The predicted molar refractivity (Wildman–Crippen MR) is 64.7 cm³/mol. The quantitative estimate of drug-likeness (QED) is 0.786. The van der Waals surface area contributed by atoms with Crippen LogP contribution in [0.1, 0.15) is 45.4 Å². The van der Waals surface area contributed by atoms with Crippen LogP contribution in [0, 0.1) is 11.8 Å². The van der Waals surface area contributed by atoms with Crippen molar-refractivity contribution in [2.45, 2.75) is 44.9 Å². The van der Waals surface area contributed by atoms with Crippen molar-refractivity contribution in [3.63, 3.8) is 0 Å². The number of nitrogens with zero attached hydrogens (tertiary/aromatic N) is 1. The van der Waals surface area contributed by atoms with Crippen LogP contribution < -0.4 is 11.5 Å². The van der Waals surface area contributed by atoms with Crippen molar-refractivity contribution in [1.82, 2.24) is 10.1 Å². The Labute approximate surface area is 101 Å². The van der Waals surface area contributed by atoms with Crippen LogP contribution in [-0.4, -0.2) is 16.7 Å². The lowest BCUT2D eigenvalue weighted by Gasteiger charge is -2.14. The van der Waals surface area contributed by atoms with Gasteiger partial charge in [0, 0.05) is 12.0 Å². The number of nitrogens with two attached hydrogens (primary N) is 1. The average molecular weight is 239 g/mol. The van der Waals surface area contributed by atoms with Gasteiger partial charge in [0.1, 0.15) is 0 Å². The largest absolute Gasteiger partial charge is 0.438 e. The van der Waals surface area contributed by atoms with E-state index in [0.717, 1.165) is 12.8 Å². The summed E-state index contributed by atoms with van der Waals surface area (Å²) in [4.78, 5) is 13.6. The highest BCUT2D eigenvalue weighted by Gasteiger charge is 2.56. The molecule has 3 atom stereocenters. The molecule has 0 aliphatic heterocycles. The summed E-state index contributed by atoms with van der Waals surface area (Å²) in [7, 11) is 0. The second kappa shape index (κ2) is 4.64. The van der Waals surface area contributed by atoms with Gasteiger partial charge in [-0.15, -0.1) is 0 Å². The number of hydrogen-bond donors (Lipinski definition) is 2. The molecule has 1 heterocycles. The van der Waals surface area contributed by atoms with Crippen molar-refractivity contribution in [3.05, 3.63) is 16.4 Å². The molecule has 3 N–H and O–H groups in total. The van der Waals surface area contributed by atoms with Gasteiger partial charge in [0.25, 0.3) is 0 Å². The molecule has 1 fully saturated rings. The van der Waals surface area contributed by atoms with Crippen molar-refractivity contribution in [2.75, 3.05) is 6.54 Å². The van der Waals surface area contributed by atoms with Crippen molar-refractivity contribution in [3.8, 4) is 0 Å². The molecule has 1 aliphatic carbocycles. The van der Waals surface area contributed by atoms with Crippen molar-refractivity contribution < 1.29 is 4.52 Å². The van der Waals surface area contributed by atoms with Gasteiger partial charge in [0.2, 0.25) is 0 Å². The second-order valence-corrected chi connectivity index (χ2v) is 5.33. The minimum absolute atomic E-state index is 0.131. The zero-order valence-electron chi connectivity index (χ0n) is 10.5. The first-order valence-electron chi connectivity index (χ1n) is 6.39. The lowest BCUT2D eigenvalue weighted by Crippen LogP contribution is -2.25. The number of aromatic nitrogens is 2. The normalized spacial score (nSPS) is 29.2. The van der Waals surface area contributed by atoms with E-state index in [1.54, 1.807) is 0 Å². The van der Waals surface area contributed by atoms with Gasteiger partial charge in [0.15, 0.2) is 5.82 Å². The first kappa shape index (κ1) is 12.4. The Kier molecular flexibility index (Phi) is 3.38. The summed E-state index contributed by atoms with van der Waals surface area (Å²) in [6, 6.07) is 0. The fraction of sp³-hybridized carbons (Fsp3) is 0.833. The summed E-state index contributed by atoms with van der Waals surface area (Å²) < 4.78 is 4.58. The van der Waals surface area contributed by atoms with Gasteiger partial charge in [0.05, 0.1) is 0 Å². The van der Waals surface area contributed by atoms with Crippen molar-refractivity contribution in [2.24, 2.45) is 17.6 Å². The first-order valence-corrected chi connectivity index (χ1v) is 6.39. The van der Waals surface area contributed by atoms with E-state index in [2.05, 4.69) is 28.5 Å². The zero-order valence-corrected chi connectivity index (χ0v) is 10.5. The fourth-order valence-corrected chi connectivity index (χ4v) is 2.87. The molecule has 3 unspecified atom stereocenters. The number of aromatic amines is 1. The summed E-state index contributed by atoms with van der Waals surface area (Å²) in [6.07, 6.45) is 4.62. The molecule has 0 amide bonds.